The van der Waals surface area contributed by atoms with Gasteiger partial charge in [-0.25, -0.2) is 0 Å². The van der Waals surface area contributed by atoms with Gasteiger partial charge in [0.05, 0.1) is 0 Å². The molecule has 0 spiro atoms. The van der Waals surface area contributed by atoms with Crippen molar-refractivity contribution in [1.29, 1.82) is 0 Å². The first-order chi connectivity index (χ1) is 11.4. The molecule has 24 heavy (non-hydrogen) atoms. The molecule has 0 radical (unpaired) electrons. The molecule has 0 nitrogen and oxygen atoms in total. The third-order valence-electron chi connectivity index (χ3n) is 5.62. The summed E-state index contributed by atoms with van der Waals surface area (Å²) in [4.78, 5) is 0. The Morgan fingerprint density at radius 1 is 0.458 bits per heavy atom. The smallest absolute Gasteiger partial charge is 0.00679 e. The summed E-state index contributed by atoms with van der Waals surface area (Å²) >= 11 is 0. The summed E-state index contributed by atoms with van der Waals surface area (Å²) in [5.41, 5.74) is 13.7. The van der Waals surface area contributed by atoms with Gasteiger partial charge in [-0.1, -0.05) is 48.5 Å². The van der Waals surface area contributed by atoms with Gasteiger partial charge in [0.15, 0.2) is 0 Å². The van der Waals surface area contributed by atoms with Crippen LogP contribution in [0.1, 0.15) is 33.4 Å². The molecule has 0 aromatic heterocycles. The topological polar surface area (TPSA) is 0 Å². The molecule has 0 bridgehead atoms. The molecule has 0 unspecified atom stereocenters. The third-order valence-corrected chi connectivity index (χ3v) is 5.62. The van der Waals surface area contributed by atoms with Gasteiger partial charge >= 0.3 is 0 Å². The fourth-order valence-corrected chi connectivity index (χ4v) is 3.64. The van der Waals surface area contributed by atoms with Crippen molar-refractivity contribution in [2.24, 2.45) is 0 Å². The van der Waals surface area contributed by atoms with Crippen LogP contribution in [-0.2, 0) is 0 Å². The maximum absolute atomic E-state index is 2.27. The van der Waals surface area contributed by atoms with E-state index in [0.717, 1.165) is 0 Å². The second kappa shape index (κ2) is 6.28. The minimum Gasteiger partial charge on any atom is -0.0622 e. The van der Waals surface area contributed by atoms with Crippen molar-refractivity contribution < 1.29 is 0 Å². The maximum Gasteiger partial charge on any atom is -0.00679 e. The molecule has 3 aromatic rings. The van der Waals surface area contributed by atoms with Crippen LogP contribution < -0.4 is 0 Å². The molecule has 0 amide bonds. The first kappa shape index (κ1) is 16.5. The minimum absolute atomic E-state index is 1.30. The summed E-state index contributed by atoms with van der Waals surface area (Å²) < 4.78 is 0. The first-order valence-corrected chi connectivity index (χ1v) is 8.65. The van der Waals surface area contributed by atoms with Gasteiger partial charge in [-0.05, 0) is 97.2 Å². The average Bonchev–Trinajstić information content (AvgIpc) is 2.59. The lowest BCUT2D eigenvalue weighted by molar-refractivity contribution is 1.21. The zero-order valence-corrected chi connectivity index (χ0v) is 15.6. The summed E-state index contributed by atoms with van der Waals surface area (Å²) in [6, 6.07) is 17.4. The van der Waals surface area contributed by atoms with E-state index < -0.39 is 0 Å². The van der Waals surface area contributed by atoms with E-state index in [1.54, 1.807) is 0 Å². The summed E-state index contributed by atoms with van der Waals surface area (Å²) in [7, 11) is 0. The molecule has 0 heteroatoms. The van der Waals surface area contributed by atoms with Crippen molar-refractivity contribution in [3.05, 3.63) is 81.9 Å². The Balaban J connectivity index is 2.47. The molecule has 0 N–H and O–H groups in total. The molecule has 0 fully saturated rings. The molecule has 0 aliphatic heterocycles. The Hall–Kier alpha value is -2.34. The summed E-state index contributed by atoms with van der Waals surface area (Å²) in [5, 5.41) is 0. The van der Waals surface area contributed by atoms with E-state index in [4.69, 9.17) is 0 Å². The zero-order chi connectivity index (χ0) is 17.4. The van der Waals surface area contributed by atoms with Gasteiger partial charge in [0, 0.05) is 0 Å². The number of rotatable bonds is 2. The van der Waals surface area contributed by atoms with Gasteiger partial charge in [-0.15, -0.1) is 0 Å². The number of aryl methyl sites for hydroxylation is 1. The lowest BCUT2D eigenvalue weighted by Crippen LogP contribution is -2.01. The second-order valence-electron chi connectivity index (χ2n) is 6.86. The quantitative estimate of drug-likeness (QED) is 0.484. The molecule has 122 valence electrons. The highest BCUT2D eigenvalue weighted by Gasteiger charge is 2.19. The van der Waals surface area contributed by atoms with Crippen LogP contribution in [0.3, 0.4) is 0 Å². The molecule has 3 aromatic carbocycles. The van der Waals surface area contributed by atoms with Gasteiger partial charge in [0.2, 0.25) is 0 Å². The molecule has 3 rings (SSSR count). The zero-order valence-electron chi connectivity index (χ0n) is 15.6. The minimum atomic E-state index is 1.30. The fourth-order valence-electron chi connectivity index (χ4n) is 3.64. The van der Waals surface area contributed by atoms with Crippen LogP contribution in [0.2, 0.25) is 0 Å². The third kappa shape index (κ3) is 2.57. The second-order valence-corrected chi connectivity index (χ2v) is 6.86. The normalized spacial score (nSPS) is 10.9. The first-order valence-electron chi connectivity index (χ1n) is 8.65. The van der Waals surface area contributed by atoms with E-state index in [1.807, 2.05) is 0 Å². The highest BCUT2D eigenvalue weighted by molar-refractivity contribution is 5.90. The Morgan fingerprint density at radius 3 is 1.67 bits per heavy atom. The summed E-state index contributed by atoms with van der Waals surface area (Å²) in [6.07, 6.45) is 0. The molecule has 0 atom stereocenters. The van der Waals surface area contributed by atoms with Crippen LogP contribution in [0, 0.1) is 41.5 Å². The predicted molar refractivity (Wildman–Crippen MR) is 106 cm³/mol. The molecule has 0 aliphatic rings. The Kier molecular flexibility index (Phi) is 4.32. The van der Waals surface area contributed by atoms with Crippen molar-refractivity contribution in [2.45, 2.75) is 41.5 Å². The van der Waals surface area contributed by atoms with E-state index in [2.05, 4.69) is 90.1 Å². The highest BCUT2D eigenvalue weighted by Crippen LogP contribution is 2.42. The van der Waals surface area contributed by atoms with Gasteiger partial charge < -0.3 is 0 Å². The van der Waals surface area contributed by atoms with E-state index in [1.165, 1.54) is 55.6 Å². The predicted octanol–water partition coefficient (Wildman–Crippen LogP) is 6.87. The molecule has 0 heterocycles. The Morgan fingerprint density at radius 2 is 1.04 bits per heavy atom. The molecule has 0 saturated heterocycles. The van der Waals surface area contributed by atoms with Gasteiger partial charge in [0.25, 0.3) is 0 Å². The Bertz CT molecular complexity index is 899. The monoisotopic (exact) mass is 314 g/mol. The van der Waals surface area contributed by atoms with E-state index in [9.17, 15) is 0 Å². The number of hydrogen-bond acceptors (Lipinski definition) is 0. The fraction of sp³-hybridized carbons (Fsp3) is 0.250. The van der Waals surface area contributed by atoms with Gasteiger partial charge in [-0.3, -0.25) is 0 Å². The maximum atomic E-state index is 2.27. The number of hydrogen-bond donors (Lipinski definition) is 0. The standard InChI is InChI=1S/C24H26/c1-15-11-10-14-22(16(15)2)24-20(6)18(4)17(3)19(5)23(24)21-12-8-7-9-13-21/h7-14H,1-6H3. The van der Waals surface area contributed by atoms with E-state index in [-0.39, 0.29) is 0 Å². The Labute approximate surface area is 146 Å². The van der Waals surface area contributed by atoms with Crippen molar-refractivity contribution in [3.63, 3.8) is 0 Å². The molecular formula is C24H26. The summed E-state index contributed by atoms with van der Waals surface area (Å²) in [6.45, 7) is 13.5. The van der Waals surface area contributed by atoms with Crippen LogP contribution in [0.4, 0.5) is 0 Å². The van der Waals surface area contributed by atoms with Crippen LogP contribution in [0.15, 0.2) is 48.5 Å². The average molecular weight is 314 g/mol. The van der Waals surface area contributed by atoms with Crippen molar-refractivity contribution >= 4 is 0 Å². The van der Waals surface area contributed by atoms with Crippen LogP contribution in [0.5, 0.6) is 0 Å². The van der Waals surface area contributed by atoms with E-state index in [0.29, 0.717) is 0 Å². The van der Waals surface area contributed by atoms with E-state index >= 15 is 0 Å². The van der Waals surface area contributed by atoms with Gasteiger partial charge in [0.1, 0.15) is 0 Å². The van der Waals surface area contributed by atoms with Crippen LogP contribution >= 0.6 is 0 Å². The van der Waals surface area contributed by atoms with Gasteiger partial charge in [-0.2, -0.15) is 0 Å². The van der Waals surface area contributed by atoms with Crippen molar-refractivity contribution in [3.8, 4) is 22.3 Å². The summed E-state index contributed by atoms with van der Waals surface area (Å²) in [5.74, 6) is 0. The lowest BCUT2D eigenvalue weighted by Gasteiger charge is -2.23. The van der Waals surface area contributed by atoms with Crippen molar-refractivity contribution in [2.75, 3.05) is 0 Å². The van der Waals surface area contributed by atoms with Crippen LogP contribution in [0.25, 0.3) is 22.3 Å². The molecular weight excluding hydrogens is 288 g/mol. The highest BCUT2D eigenvalue weighted by atomic mass is 14.2. The lowest BCUT2D eigenvalue weighted by atomic mass is 9.81. The molecule has 0 aliphatic carbocycles. The number of benzene rings is 3. The largest absolute Gasteiger partial charge is 0.0622 e. The molecule has 0 saturated carbocycles. The SMILES string of the molecule is Cc1cccc(-c2c(C)c(C)c(C)c(C)c2-c2ccccc2)c1C. The van der Waals surface area contributed by atoms with Crippen LogP contribution in [-0.4, -0.2) is 0 Å². The van der Waals surface area contributed by atoms with Crippen molar-refractivity contribution in [1.82, 2.24) is 0 Å².